The van der Waals surface area contributed by atoms with E-state index in [2.05, 4.69) is 43.1 Å². The summed E-state index contributed by atoms with van der Waals surface area (Å²) in [7, 11) is 0. The van der Waals surface area contributed by atoms with Crippen LogP contribution in [0.1, 0.15) is 32.3 Å². The maximum absolute atomic E-state index is 4.64. The van der Waals surface area contributed by atoms with Crippen molar-refractivity contribution in [1.82, 2.24) is 0 Å². The van der Waals surface area contributed by atoms with E-state index in [0.29, 0.717) is 0 Å². The molecule has 0 unspecified atom stereocenters. The van der Waals surface area contributed by atoms with Crippen LogP contribution in [0.25, 0.3) is 0 Å². The molecule has 1 heteroatoms. The maximum Gasteiger partial charge on any atom is 0.0664 e. The Morgan fingerprint density at radius 3 is 2.79 bits per heavy atom. The van der Waals surface area contributed by atoms with Crippen molar-refractivity contribution in [1.29, 1.82) is 0 Å². The van der Waals surface area contributed by atoms with Crippen LogP contribution in [0.5, 0.6) is 0 Å². The van der Waals surface area contributed by atoms with Gasteiger partial charge < -0.3 is 0 Å². The number of aliphatic imine (C=N–C) groups is 1. The van der Waals surface area contributed by atoms with E-state index in [1.807, 2.05) is 0 Å². The number of rotatable bonds is 3. The summed E-state index contributed by atoms with van der Waals surface area (Å²) in [4.78, 5) is 4.64. The molecular formula is C13H17N. The van der Waals surface area contributed by atoms with Gasteiger partial charge in [0.05, 0.1) is 5.69 Å². The van der Waals surface area contributed by atoms with E-state index in [4.69, 9.17) is 0 Å². The minimum absolute atomic E-state index is 0.779. The summed E-state index contributed by atoms with van der Waals surface area (Å²) >= 11 is 0. The van der Waals surface area contributed by atoms with Crippen LogP contribution in [-0.4, -0.2) is 5.71 Å². The minimum Gasteiger partial charge on any atom is -0.257 e. The van der Waals surface area contributed by atoms with E-state index in [0.717, 1.165) is 18.8 Å². The first-order chi connectivity index (χ1) is 6.75. The first-order valence-electron chi connectivity index (χ1n) is 5.40. The van der Waals surface area contributed by atoms with Crippen LogP contribution in [0.3, 0.4) is 0 Å². The van der Waals surface area contributed by atoms with Crippen molar-refractivity contribution in [3.8, 4) is 0 Å². The predicted molar refractivity (Wildman–Crippen MR) is 61.3 cm³/mol. The topological polar surface area (TPSA) is 12.4 Å². The van der Waals surface area contributed by atoms with E-state index in [9.17, 15) is 0 Å². The van der Waals surface area contributed by atoms with Crippen molar-refractivity contribution in [2.75, 3.05) is 0 Å². The fourth-order valence-electron chi connectivity index (χ4n) is 1.80. The molecule has 0 saturated carbocycles. The normalized spacial score (nSPS) is 14.4. The molecule has 74 valence electrons. The number of fused-ring (bicyclic) bond motifs is 1. The van der Waals surface area contributed by atoms with E-state index in [1.165, 1.54) is 23.4 Å². The molecular weight excluding hydrogens is 170 g/mol. The Bertz CT molecular complexity index is 350. The number of benzene rings is 1. The van der Waals surface area contributed by atoms with E-state index >= 15 is 0 Å². The zero-order valence-electron chi connectivity index (χ0n) is 8.96. The number of nitrogens with zero attached hydrogens (tertiary/aromatic N) is 1. The van der Waals surface area contributed by atoms with Gasteiger partial charge in [-0.2, -0.15) is 0 Å². The van der Waals surface area contributed by atoms with Crippen molar-refractivity contribution in [3.05, 3.63) is 29.8 Å². The van der Waals surface area contributed by atoms with E-state index in [1.54, 1.807) is 0 Å². The van der Waals surface area contributed by atoms with Crippen LogP contribution in [0.15, 0.2) is 29.3 Å². The van der Waals surface area contributed by atoms with E-state index < -0.39 is 0 Å². The third-order valence-corrected chi connectivity index (χ3v) is 2.67. The highest BCUT2D eigenvalue weighted by Crippen LogP contribution is 2.27. The molecule has 2 rings (SSSR count). The lowest BCUT2D eigenvalue weighted by atomic mass is 10.0. The van der Waals surface area contributed by atoms with Gasteiger partial charge in [0.1, 0.15) is 0 Å². The van der Waals surface area contributed by atoms with E-state index in [-0.39, 0.29) is 0 Å². The molecule has 1 aliphatic heterocycles. The molecule has 1 aromatic carbocycles. The molecule has 0 spiro atoms. The summed E-state index contributed by atoms with van der Waals surface area (Å²) < 4.78 is 0. The maximum atomic E-state index is 4.64. The monoisotopic (exact) mass is 187 g/mol. The molecule has 0 amide bonds. The molecule has 0 saturated heterocycles. The number of hydrogen-bond donors (Lipinski definition) is 0. The molecule has 0 radical (unpaired) electrons. The average Bonchev–Trinajstić information content (AvgIpc) is 2.57. The van der Waals surface area contributed by atoms with Crippen LogP contribution in [-0.2, 0) is 6.42 Å². The Hall–Kier alpha value is -1.11. The first-order valence-corrected chi connectivity index (χ1v) is 5.40. The standard InChI is InChI=1S/C13H17N/c1-10(2)7-8-12-9-11-5-3-4-6-13(11)14-12/h3-6,10H,7-9H2,1-2H3. The van der Waals surface area contributed by atoms with Gasteiger partial charge in [0.15, 0.2) is 0 Å². The summed E-state index contributed by atoms with van der Waals surface area (Å²) in [5.41, 5.74) is 3.94. The number of hydrogen-bond acceptors (Lipinski definition) is 1. The summed E-state index contributed by atoms with van der Waals surface area (Å²) in [6.45, 7) is 4.53. The van der Waals surface area contributed by atoms with Gasteiger partial charge in [-0.15, -0.1) is 0 Å². The third kappa shape index (κ3) is 2.03. The highest BCUT2D eigenvalue weighted by Gasteiger charge is 2.13. The molecule has 0 fully saturated rings. The summed E-state index contributed by atoms with van der Waals surface area (Å²) in [5.74, 6) is 0.779. The second-order valence-electron chi connectivity index (χ2n) is 4.42. The molecule has 0 bridgehead atoms. The van der Waals surface area contributed by atoms with Crippen molar-refractivity contribution in [2.45, 2.75) is 33.1 Å². The Labute approximate surface area is 85.9 Å². The van der Waals surface area contributed by atoms with Crippen LogP contribution in [0, 0.1) is 5.92 Å². The molecule has 1 aliphatic rings. The molecule has 0 N–H and O–H groups in total. The van der Waals surface area contributed by atoms with Crippen LogP contribution in [0.4, 0.5) is 5.69 Å². The molecule has 14 heavy (non-hydrogen) atoms. The van der Waals surface area contributed by atoms with Gasteiger partial charge in [-0.05, 0) is 30.4 Å². The van der Waals surface area contributed by atoms with Gasteiger partial charge in [-0.3, -0.25) is 4.99 Å². The van der Waals surface area contributed by atoms with Crippen LogP contribution < -0.4 is 0 Å². The average molecular weight is 187 g/mol. The second-order valence-corrected chi connectivity index (χ2v) is 4.42. The Morgan fingerprint density at radius 1 is 1.29 bits per heavy atom. The molecule has 1 heterocycles. The first kappa shape index (κ1) is 9.45. The Morgan fingerprint density at radius 2 is 2.07 bits per heavy atom. The molecule has 0 aliphatic carbocycles. The zero-order chi connectivity index (χ0) is 9.97. The van der Waals surface area contributed by atoms with Gasteiger partial charge in [0.2, 0.25) is 0 Å². The van der Waals surface area contributed by atoms with Crippen molar-refractivity contribution in [3.63, 3.8) is 0 Å². The smallest absolute Gasteiger partial charge is 0.0664 e. The predicted octanol–water partition coefficient (Wildman–Crippen LogP) is 3.75. The van der Waals surface area contributed by atoms with Gasteiger partial charge in [0.25, 0.3) is 0 Å². The Balaban J connectivity index is 2.01. The van der Waals surface area contributed by atoms with Gasteiger partial charge in [-0.1, -0.05) is 32.0 Å². The number of para-hydroxylation sites is 1. The molecule has 0 aromatic heterocycles. The van der Waals surface area contributed by atoms with Crippen LogP contribution >= 0.6 is 0 Å². The van der Waals surface area contributed by atoms with Crippen LogP contribution in [0.2, 0.25) is 0 Å². The summed E-state index contributed by atoms with van der Waals surface area (Å²) in [6.07, 6.45) is 3.49. The van der Waals surface area contributed by atoms with Crippen molar-refractivity contribution < 1.29 is 0 Å². The molecule has 1 aromatic rings. The lowest BCUT2D eigenvalue weighted by Gasteiger charge is -2.03. The lowest BCUT2D eigenvalue weighted by molar-refractivity contribution is 0.602. The second kappa shape index (κ2) is 3.95. The lowest BCUT2D eigenvalue weighted by Crippen LogP contribution is -2.00. The van der Waals surface area contributed by atoms with Gasteiger partial charge in [0, 0.05) is 12.1 Å². The highest BCUT2D eigenvalue weighted by molar-refractivity contribution is 5.93. The summed E-state index contributed by atoms with van der Waals surface area (Å²) in [6, 6.07) is 8.45. The highest BCUT2D eigenvalue weighted by atomic mass is 14.8. The van der Waals surface area contributed by atoms with Gasteiger partial charge in [-0.25, -0.2) is 0 Å². The Kier molecular flexibility index (Phi) is 2.67. The minimum atomic E-state index is 0.779. The summed E-state index contributed by atoms with van der Waals surface area (Å²) in [5, 5.41) is 0. The zero-order valence-corrected chi connectivity index (χ0v) is 8.96. The fourth-order valence-corrected chi connectivity index (χ4v) is 1.80. The van der Waals surface area contributed by atoms with Gasteiger partial charge >= 0.3 is 0 Å². The van der Waals surface area contributed by atoms with Crippen molar-refractivity contribution in [2.24, 2.45) is 10.9 Å². The largest absolute Gasteiger partial charge is 0.257 e. The fraction of sp³-hybridized carbons (Fsp3) is 0.462. The van der Waals surface area contributed by atoms with Crippen molar-refractivity contribution >= 4 is 11.4 Å². The molecule has 1 nitrogen and oxygen atoms in total. The third-order valence-electron chi connectivity index (χ3n) is 2.67. The SMILES string of the molecule is CC(C)CCC1=Nc2ccccc2C1. The molecule has 0 atom stereocenters. The quantitative estimate of drug-likeness (QED) is 0.683.